The van der Waals surface area contributed by atoms with Gasteiger partial charge in [-0.1, -0.05) is 0 Å². The number of nitrogens with zero attached hydrogens (tertiary/aromatic N) is 2. The SMILES string of the molecule is O=c1c2cc(I)c(OCCC[PH](c3ccccc3)(c3ccccc3)c3ccccc3)cc2nc2n1CCC2. The van der Waals surface area contributed by atoms with Gasteiger partial charge >= 0.3 is 238 Å². The fourth-order valence-electron chi connectivity index (χ4n) is 5.82. The van der Waals surface area contributed by atoms with Crippen LogP contribution in [0.4, 0.5) is 0 Å². The van der Waals surface area contributed by atoms with Crippen LogP contribution in [0.3, 0.4) is 0 Å². The predicted octanol–water partition coefficient (Wildman–Crippen LogP) is 5.44. The number of hydrogen-bond donors (Lipinski definition) is 0. The van der Waals surface area contributed by atoms with Crippen molar-refractivity contribution in [1.29, 1.82) is 0 Å². The second-order valence-corrected chi connectivity index (χ2v) is 15.0. The molecule has 4 aromatic carbocycles. The zero-order valence-corrected chi connectivity index (χ0v) is 24.3. The standard InChI is InChI=1S/C32H30IN2O2P/c33-28-22-27-29(34-31-18-10-19-35(31)32(27)36)23-30(28)37-20-11-21-38(24-12-4-1-5-13-24,25-14-6-2-7-15-25)26-16-8-3-9-17-26/h1-9,12-17,22-23,38H,10-11,18-21H2. The maximum atomic E-state index is 12.9. The molecule has 1 aromatic heterocycles. The van der Waals surface area contributed by atoms with E-state index >= 15 is 0 Å². The molecule has 0 amide bonds. The minimum atomic E-state index is -2.28. The number of aromatic nitrogens is 2. The first-order valence-electron chi connectivity index (χ1n) is 13.2. The Labute approximate surface area is 237 Å². The average Bonchev–Trinajstić information content (AvgIpc) is 3.44. The molecular weight excluding hydrogens is 602 g/mol. The van der Waals surface area contributed by atoms with E-state index in [-0.39, 0.29) is 5.56 Å². The van der Waals surface area contributed by atoms with E-state index in [4.69, 9.17) is 9.72 Å². The van der Waals surface area contributed by atoms with Crippen LogP contribution < -0.4 is 26.2 Å². The van der Waals surface area contributed by atoms with Gasteiger partial charge in [-0.25, -0.2) is 0 Å². The molecule has 0 aliphatic carbocycles. The molecule has 6 rings (SSSR count). The number of rotatable bonds is 8. The van der Waals surface area contributed by atoms with Gasteiger partial charge in [-0.15, -0.1) is 0 Å². The van der Waals surface area contributed by atoms with Crippen molar-refractivity contribution in [2.75, 3.05) is 12.8 Å². The van der Waals surface area contributed by atoms with Gasteiger partial charge in [0, 0.05) is 0 Å². The molecule has 2 heterocycles. The van der Waals surface area contributed by atoms with E-state index in [0.29, 0.717) is 12.0 Å². The number of fused-ring (bicyclic) bond motifs is 2. The Morgan fingerprint density at radius 2 is 1.42 bits per heavy atom. The molecule has 5 aromatic rings. The van der Waals surface area contributed by atoms with Crippen LogP contribution in [-0.2, 0) is 13.0 Å². The van der Waals surface area contributed by atoms with Gasteiger partial charge in [0.05, 0.1) is 0 Å². The van der Waals surface area contributed by atoms with Gasteiger partial charge in [0.1, 0.15) is 0 Å². The third kappa shape index (κ3) is 4.67. The van der Waals surface area contributed by atoms with E-state index in [1.54, 1.807) is 0 Å². The molecule has 0 saturated carbocycles. The number of aryl methyl sites for hydroxylation is 1. The van der Waals surface area contributed by atoms with E-state index in [2.05, 4.69) is 114 Å². The average molecular weight is 632 g/mol. The molecule has 0 saturated heterocycles. The van der Waals surface area contributed by atoms with Crippen molar-refractivity contribution in [3.05, 3.63) is 123 Å². The van der Waals surface area contributed by atoms with Crippen LogP contribution in [0.25, 0.3) is 10.9 Å². The van der Waals surface area contributed by atoms with Crippen LogP contribution in [0.5, 0.6) is 5.75 Å². The Kier molecular flexibility index (Phi) is 7.31. The summed E-state index contributed by atoms with van der Waals surface area (Å²) >= 11 is 2.28. The Morgan fingerprint density at radius 3 is 2.00 bits per heavy atom. The summed E-state index contributed by atoms with van der Waals surface area (Å²) in [6.45, 7) is 1.37. The molecule has 1 aliphatic heterocycles. The first-order valence-corrected chi connectivity index (χ1v) is 16.5. The normalized spacial score (nSPS) is 13.4. The molecule has 0 unspecified atom stereocenters. The third-order valence-electron chi connectivity index (χ3n) is 7.62. The van der Waals surface area contributed by atoms with Crippen LogP contribution in [0.1, 0.15) is 18.7 Å². The van der Waals surface area contributed by atoms with Crippen LogP contribution in [0, 0.1) is 3.57 Å². The summed E-state index contributed by atoms with van der Waals surface area (Å²) in [4.78, 5) is 17.7. The zero-order valence-electron chi connectivity index (χ0n) is 21.1. The molecule has 6 heteroatoms. The van der Waals surface area contributed by atoms with Gasteiger partial charge < -0.3 is 0 Å². The van der Waals surface area contributed by atoms with Gasteiger partial charge in [0.15, 0.2) is 0 Å². The summed E-state index contributed by atoms with van der Waals surface area (Å²) in [5, 5.41) is 4.92. The number of hydrogen-bond acceptors (Lipinski definition) is 3. The fraction of sp³-hybridized carbons (Fsp3) is 0.188. The zero-order chi connectivity index (χ0) is 26.0. The molecule has 0 bridgehead atoms. The van der Waals surface area contributed by atoms with E-state index in [0.717, 1.165) is 52.6 Å². The molecule has 0 radical (unpaired) electrons. The van der Waals surface area contributed by atoms with Crippen LogP contribution in [0.2, 0.25) is 0 Å². The molecule has 0 N–H and O–H groups in total. The maximum absolute atomic E-state index is 12.9. The Morgan fingerprint density at radius 1 is 0.842 bits per heavy atom. The van der Waals surface area contributed by atoms with Crippen molar-refractivity contribution in [3.8, 4) is 5.75 Å². The summed E-state index contributed by atoms with van der Waals surface area (Å²) in [6, 6.07) is 36.9. The van der Waals surface area contributed by atoms with Gasteiger partial charge in [0.2, 0.25) is 0 Å². The summed E-state index contributed by atoms with van der Waals surface area (Å²) in [5.74, 6) is 1.69. The van der Waals surface area contributed by atoms with Gasteiger partial charge in [-0.3, -0.25) is 0 Å². The first-order chi connectivity index (χ1) is 18.7. The fourth-order valence-corrected chi connectivity index (χ4v) is 11.3. The van der Waals surface area contributed by atoms with E-state index in [9.17, 15) is 4.79 Å². The Hall–Kier alpha value is -3.02. The van der Waals surface area contributed by atoms with Crippen molar-refractivity contribution in [3.63, 3.8) is 0 Å². The first kappa shape index (κ1) is 25.3. The summed E-state index contributed by atoms with van der Waals surface area (Å²) in [5.41, 5.74) is 0.802. The molecule has 38 heavy (non-hydrogen) atoms. The minimum absolute atomic E-state index is 0.0660. The van der Waals surface area contributed by atoms with Crippen molar-refractivity contribution >= 4 is 56.7 Å². The summed E-state index contributed by atoms with van der Waals surface area (Å²) < 4.78 is 9.14. The van der Waals surface area contributed by atoms with Gasteiger partial charge in [0.25, 0.3) is 0 Å². The molecule has 0 fully saturated rings. The molecule has 192 valence electrons. The summed E-state index contributed by atoms with van der Waals surface area (Å²) in [6.07, 6.45) is 3.79. The Bertz CT molecular complexity index is 1530. The molecular formula is C32H30IN2O2P. The van der Waals surface area contributed by atoms with Crippen molar-refractivity contribution in [2.24, 2.45) is 0 Å². The van der Waals surface area contributed by atoms with Crippen LogP contribution in [0.15, 0.2) is 108 Å². The second-order valence-electron chi connectivity index (χ2n) is 9.84. The van der Waals surface area contributed by atoms with Crippen molar-refractivity contribution in [2.45, 2.75) is 25.8 Å². The van der Waals surface area contributed by atoms with Crippen LogP contribution >= 0.6 is 29.9 Å². The topological polar surface area (TPSA) is 44.1 Å². The van der Waals surface area contributed by atoms with Gasteiger partial charge in [-0.05, 0) is 0 Å². The number of ether oxygens (including phenoxy) is 1. The molecule has 0 spiro atoms. The molecule has 1 aliphatic rings. The number of halogens is 1. The van der Waals surface area contributed by atoms with Crippen molar-refractivity contribution in [1.82, 2.24) is 9.55 Å². The molecule has 4 nitrogen and oxygen atoms in total. The van der Waals surface area contributed by atoms with E-state index in [1.807, 2.05) is 16.7 Å². The van der Waals surface area contributed by atoms with Crippen molar-refractivity contribution < 1.29 is 4.74 Å². The summed E-state index contributed by atoms with van der Waals surface area (Å²) in [7, 11) is -2.28. The number of benzene rings is 4. The third-order valence-corrected chi connectivity index (χ3v) is 13.5. The second kappa shape index (κ2) is 11.0. The van der Waals surface area contributed by atoms with E-state index < -0.39 is 7.26 Å². The monoisotopic (exact) mass is 632 g/mol. The quantitative estimate of drug-likeness (QED) is 0.130. The van der Waals surface area contributed by atoms with E-state index in [1.165, 1.54) is 15.9 Å². The van der Waals surface area contributed by atoms with Gasteiger partial charge in [-0.2, -0.15) is 0 Å². The van der Waals surface area contributed by atoms with Crippen LogP contribution in [-0.4, -0.2) is 22.3 Å². The Balaban J connectivity index is 1.30. The molecule has 0 atom stereocenters. The predicted molar refractivity (Wildman–Crippen MR) is 169 cm³/mol.